The molecule has 0 radical (unpaired) electrons. The van der Waals surface area contributed by atoms with Crippen LogP contribution in [0.1, 0.15) is 11.1 Å². The van der Waals surface area contributed by atoms with E-state index in [0.717, 1.165) is 39.4 Å². The largest absolute Gasteiger partial charge is 0.462 e. The Bertz CT molecular complexity index is 1100. The molecule has 0 aliphatic rings. The maximum atomic E-state index is 14.8. The van der Waals surface area contributed by atoms with Crippen molar-refractivity contribution in [3.63, 3.8) is 0 Å². The van der Waals surface area contributed by atoms with Crippen LogP contribution >= 0.6 is 0 Å². The molecule has 0 atom stereocenters. The highest BCUT2D eigenvalue weighted by Gasteiger charge is 2.09. The number of benzene rings is 3. The lowest BCUT2D eigenvalue weighted by Gasteiger charge is -2.10. The van der Waals surface area contributed by atoms with Crippen molar-refractivity contribution in [3.05, 3.63) is 84.7 Å². The van der Waals surface area contributed by atoms with E-state index >= 15 is 0 Å². The number of hydrogen-bond acceptors (Lipinski definition) is 4. The second-order valence-corrected chi connectivity index (χ2v) is 6.54. The molecule has 0 unspecified atom stereocenters. The van der Waals surface area contributed by atoms with Crippen molar-refractivity contribution in [3.8, 4) is 0 Å². The monoisotopic (exact) mass is 392 g/mol. The van der Waals surface area contributed by atoms with Crippen LogP contribution in [-0.2, 0) is 31.9 Å². The molecule has 0 bridgehead atoms. The topological polar surface area (TPSA) is 52.6 Å². The van der Waals surface area contributed by atoms with Crippen molar-refractivity contribution >= 4 is 33.5 Å². The Morgan fingerprint density at radius 1 is 0.793 bits per heavy atom. The summed E-state index contributed by atoms with van der Waals surface area (Å²) in [5.74, 6) is -1.25. The molecule has 0 aliphatic heterocycles. The van der Waals surface area contributed by atoms with Crippen LogP contribution in [0.25, 0.3) is 21.5 Å². The fourth-order valence-corrected chi connectivity index (χ4v) is 3.18. The lowest BCUT2D eigenvalue weighted by atomic mass is 9.97. The van der Waals surface area contributed by atoms with E-state index in [1.54, 1.807) is 6.07 Å². The van der Waals surface area contributed by atoms with Crippen LogP contribution < -0.4 is 0 Å². The van der Waals surface area contributed by atoms with Crippen LogP contribution in [0.3, 0.4) is 0 Å². The number of halogens is 1. The number of hydrogen-bond donors (Lipinski definition) is 0. The molecular formula is C24H21FO4. The van der Waals surface area contributed by atoms with E-state index in [1.165, 1.54) is 6.07 Å². The first-order chi connectivity index (χ1) is 14.0. The molecule has 0 saturated heterocycles. The molecule has 148 valence electrons. The number of fused-ring (bicyclic) bond motifs is 3. The molecule has 0 aliphatic carbocycles. The molecule has 3 aromatic carbocycles. The molecule has 5 heteroatoms. The zero-order chi connectivity index (χ0) is 20.8. The molecule has 3 rings (SSSR count). The van der Waals surface area contributed by atoms with Crippen LogP contribution in [0, 0.1) is 5.82 Å². The average Bonchev–Trinajstić information content (AvgIpc) is 2.73. The summed E-state index contributed by atoms with van der Waals surface area (Å²) in [5.41, 5.74) is 1.84. The fraction of sp³-hybridized carbons (Fsp3) is 0.167. The van der Waals surface area contributed by atoms with Gasteiger partial charge in [0.25, 0.3) is 0 Å². The molecule has 0 amide bonds. The molecule has 4 nitrogen and oxygen atoms in total. The third-order valence-electron chi connectivity index (χ3n) is 4.63. The predicted molar refractivity (Wildman–Crippen MR) is 111 cm³/mol. The first-order valence-electron chi connectivity index (χ1n) is 9.24. The van der Waals surface area contributed by atoms with E-state index in [4.69, 9.17) is 9.47 Å². The van der Waals surface area contributed by atoms with Gasteiger partial charge in [0, 0.05) is 30.4 Å². The normalized spacial score (nSPS) is 10.7. The Morgan fingerprint density at radius 3 is 1.93 bits per heavy atom. The van der Waals surface area contributed by atoms with Gasteiger partial charge in [-0.3, -0.25) is 0 Å². The third-order valence-corrected chi connectivity index (χ3v) is 4.63. The van der Waals surface area contributed by atoms with Gasteiger partial charge in [-0.25, -0.2) is 14.0 Å². The second-order valence-electron chi connectivity index (χ2n) is 6.54. The quantitative estimate of drug-likeness (QED) is 0.317. The molecule has 0 fully saturated rings. The summed E-state index contributed by atoms with van der Waals surface area (Å²) in [7, 11) is 0. The minimum Gasteiger partial charge on any atom is -0.462 e. The van der Waals surface area contributed by atoms with Gasteiger partial charge in [-0.2, -0.15) is 0 Å². The van der Waals surface area contributed by atoms with Crippen LogP contribution in [0.4, 0.5) is 4.39 Å². The summed E-state index contributed by atoms with van der Waals surface area (Å²) in [4.78, 5) is 22.3. The minimum atomic E-state index is -0.474. The van der Waals surface area contributed by atoms with E-state index in [0.29, 0.717) is 18.2 Å². The summed E-state index contributed by atoms with van der Waals surface area (Å²) >= 11 is 0. The molecule has 3 aromatic rings. The van der Waals surface area contributed by atoms with Crippen molar-refractivity contribution in [2.75, 3.05) is 13.2 Å². The van der Waals surface area contributed by atoms with Crippen LogP contribution in [0.15, 0.2) is 67.8 Å². The van der Waals surface area contributed by atoms with E-state index in [2.05, 4.69) is 13.2 Å². The van der Waals surface area contributed by atoms with Crippen molar-refractivity contribution in [1.82, 2.24) is 0 Å². The van der Waals surface area contributed by atoms with Crippen molar-refractivity contribution in [2.45, 2.75) is 12.8 Å². The lowest BCUT2D eigenvalue weighted by Crippen LogP contribution is -2.04. The third kappa shape index (κ3) is 4.88. The highest BCUT2D eigenvalue weighted by molar-refractivity contribution is 6.08. The Balaban J connectivity index is 1.83. The van der Waals surface area contributed by atoms with Gasteiger partial charge in [-0.1, -0.05) is 43.5 Å². The molecule has 0 spiro atoms. The van der Waals surface area contributed by atoms with Crippen molar-refractivity contribution in [1.29, 1.82) is 0 Å². The van der Waals surface area contributed by atoms with Gasteiger partial charge >= 0.3 is 11.9 Å². The van der Waals surface area contributed by atoms with Crippen LogP contribution in [-0.4, -0.2) is 25.2 Å². The van der Waals surface area contributed by atoms with Gasteiger partial charge in [0.15, 0.2) is 0 Å². The number of carbonyl (C=O) groups excluding carboxylic acids is 2. The van der Waals surface area contributed by atoms with Crippen molar-refractivity contribution < 1.29 is 23.5 Å². The Hall–Kier alpha value is -3.47. The minimum absolute atomic E-state index is 0.214. The Labute approximate surface area is 168 Å². The van der Waals surface area contributed by atoms with Gasteiger partial charge in [0.2, 0.25) is 0 Å². The first-order valence-corrected chi connectivity index (χ1v) is 9.24. The highest BCUT2D eigenvalue weighted by atomic mass is 19.1. The van der Waals surface area contributed by atoms with Crippen LogP contribution in [0.5, 0.6) is 0 Å². The molecule has 29 heavy (non-hydrogen) atoms. The van der Waals surface area contributed by atoms with Gasteiger partial charge < -0.3 is 9.47 Å². The maximum absolute atomic E-state index is 14.8. The first kappa shape index (κ1) is 20.3. The maximum Gasteiger partial charge on any atom is 0.330 e. The fourth-order valence-electron chi connectivity index (χ4n) is 3.18. The SMILES string of the molecule is C=CC(=O)OCCc1ccc2c(c1)cc(F)c1cc(CCOC(=O)C=C)ccc12. The molecular weight excluding hydrogens is 371 g/mol. The number of rotatable bonds is 8. The van der Waals surface area contributed by atoms with E-state index in [9.17, 15) is 14.0 Å². The van der Waals surface area contributed by atoms with Crippen LogP contribution in [0.2, 0.25) is 0 Å². The molecule has 0 saturated carbocycles. The summed E-state index contributed by atoms with van der Waals surface area (Å²) in [6.07, 6.45) is 3.27. The molecule has 0 N–H and O–H groups in total. The van der Waals surface area contributed by atoms with Gasteiger partial charge in [-0.15, -0.1) is 0 Å². The average molecular weight is 392 g/mol. The molecule has 0 aromatic heterocycles. The zero-order valence-corrected chi connectivity index (χ0v) is 15.9. The number of carbonyl (C=O) groups is 2. The number of esters is 2. The molecule has 0 heterocycles. The smallest absolute Gasteiger partial charge is 0.330 e. The summed E-state index contributed by atoms with van der Waals surface area (Å²) in [6, 6.07) is 12.9. The summed E-state index contributed by atoms with van der Waals surface area (Å²) in [6.45, 7) is 7.17. The highest BCUT2D eigenvalue weighted by Crippen LogP contribution is 2.30. The lowest BCUT2D eigenvalue weighted by molar-refractivity contribution is -0.138. The number of ether oxygens (including phenoxy) is 2. The Kier molecular flexibility index (Phi) is 6.39. The second kappa shape index (κ2) is 9.15. The van der Waals surface area contributed by atoms with Crippen molar-refractivity contribution in [2.24, 2.45) is 0 Å². The van der Waals surface area contributed by atoms with Gasteiger partial charge in [0.05, 0.1) is 13.2 Å². The van der Waals surface area contributed by atoms with E-state index in [1.807, 2.05) is 30.3 Å². The van der Waals surface area contributed by atoms with Gasteiger partial charge in [0.1, 0.15) is 5.82 Å². The Morgan fingerprint density at radius 2 is 1.34 bits per heavy atom. The van der Waals surface area contributed by atoms with E-state index in [-0.39, 0.29) is 19.0 Å². The summed E-state index contributed by atoms with van der Waals surface area (Å²) < 4.78 is 24.7. The predicted octanol–water partition coefficient (Wildman–Crippen LogP) is 4.68. The zero-order valence-electron chi connectivity index (χ0n) is 15.9. The summed E-state index contributed by atoms with van der Waals surface area (Å²) in [5, 5.41) is 3.07. The van der Waals surface area contributed by atoms with Gasteiger partial charge in [-0.05, 0) is 39.4 Å². The standard InChI is InChI=1S/C24H21FO4/c1-3-23(26)28-11-9-16-5-7-19-18(13-16)15-22(25)21-14-17(6-8-20(19)21)10-12-29-24(27)4-2/h3-8,13-15H,1-2,9-12H2. The van der Waals surface area contributed by atoms with E-state index < -0.39 is 11.9 Å².